The number of rotatable bonds is 4. The van der Waals surface area contributed by atoms with Gasteiger partial charge in [-0.2, -0.15) is 0 Å². The van der Waals surface area contributed by atoms with Gasteiger partial charge in [-0.3, -0.25) is 9.59 Å². The van der Waals surface area contributed by atoms with Crippen molar-refractivity contribution in [2.75, 3.05) is 6.61 Å². The van der Waals surface area contributed by atoms with Crippen molar-refractivity contribution in [3.63, 3.8) is 0 Å². The molecule has 0 aliphatic carbocycles. The van der Waals surface area contributed by atoms with E-state index in [1.54, 1.807) is 38.1 Å². The maximum absolute atomic E-state index is 11.6. The maximum atomic E-state index is 11.6. The fraction of sp³-hybridized carbons (Fsp3) is 0.579. The topological polar surface area (TPSA) is 103 Å². The summed E-state index contributed by atoms with van der Waals surface area (Å²) in [5.74, 6) is -0.788. The Morgan fingerprint density at radius 2 is 1.89 bits per heavy atom. The molecule has 8 nitrogen and oxygen atoms in total. The minimum absolute atomic E-state index is 0.0519. The summed E-state index contributed by atoms with van der Waals surface area (Å²) in [5, 5.41) is 13.5. The number of hydrogen-bond donors (Lipinski definition) is 2. The number of amides is 1. The lowest BCUT2D eigenvalue weighted by molar-refractivity contribution is -0.361. The van der Waals surface area contributed by atoms with Gasteiger partial charge in [-0.15, -0.1) is 0 Å². The number of fused-ring (bicyclic) bond motifs is 1. The predicted octanol–water partition coefficient (Wildman–Crippen LogP) is 1.01. The third-order valence-corrected chi connectivity index (χ3v) is 4.57. The third-order valence-electron chi connectivity index (χ3n) is 4.57. The van der Waals surface area contributed by atoms with Crippen LogP contribution in [0.1, 0.15) is 38.1 Å². The van der Waals surface area contributed by atoms with E-state index >= 15 is 0 Å². The number of aliphatic hydroxyl groups excluding tert-OH is 1. The lowest BCUT2D eigenvalue weighted by Crippen LogP contribution is -2.69. The van der Waals surface area contributed by atoms with Gasteiger partial charge in [0.05, 0.1) is 6.61 Å². The fourth-order valence-electron chi connectivity index (χ4n) is 3.24. The van der Waals surface area contributed by atoms with E-state index in [2.05, 4.69) is 5.32 Å². The number of Topliss-reactive ketones (excluding diaryl/α,β-unsaturated/α-hetero) is 1. The molecule has 148 valence electrons. The average molecular weight is 379 g/mol. The summed E-state index contributed by atoms with van der Waals surface area (Å²) in [4.78, 5) is 23.0. The van der Waals surface area contributed by atoms with Crippen LogP contribution in [0, 0.1) is 0 Å². The summed E-state index contributed by atoms with van der Waals surface area (Å²) in [6, 6.07) is 5.73. The van der Waals surface area contributed by atoms with Gasteiger partial charge in [0.2, 0.25) is 12.2 Å². The van der Waals surface area contributed by atoms with Crippen LogP contribution in [-0.2, 0) is 19.0 Å². The van der Waals surface area contributed by atoms with Crippen molar-refractivity contribution in [3.8, 4) is 5.75 Å². The van der Waals surface area contributed by atoms with Crippen molar-refractivity contribution in [1.29, 1.82) is 0 Å². The van der Waals surface area contributed by atoms with E-state index in [-0.39, 0.29) is 18.3 Å². The zero-order valence-corrected chi connectivity index (χ0v) is 15.8. The Kier molecular flexibility index (Phi) is 5.53. The van der Waals surface area contributed by atoms with E-state index in [1.807, 2.05) is 0 Å². The predicted molar refractivity (Wildman–Crippen MR) is 94.3 cm³/mol. The molecule has 1 aromatic carbocycles. The number of carbonyl (C=O) groups is 2. The van der Waals surface area contributed by atoms with Crippen LogP contribution in [0.4, 0.5) is 0 Å². The molecular weight excluding hydrogens is 354 g/mol. The average Bonchev–Trinajstić information content (AvgIpc) is 2.59. The van der Waals surface area contributed by atoms with Crippen molar-refractivity contribution in [2.45, 2.75) is 64.1 Å². The van der Waals surface area contributed by atoms with Gasteiger partial charge in [0.25, 0.3) is 0 Å². The van der Waals surface area contributed by atoms with Gasteiger partial charge in [-0.05, 0) is 45.0 Å². The minimum Gasteiger partial charge on any atom is -0.463 e. The van der Waals surface area contributed by atoms with Crippen LogP contribution in [0.5, 0.6) is 5.75 Å². The standard InChI is InChI=1S/C19H25NO7/c1-10(21)12-5-7-13(8-6-12)25-18-15(20-11(2)22)16(23)17-14(26-18)9-24-19(3,4)27-17/h5-8,14-18,23H,9H2,1-4H3,(H,20,22)/t14-,15-,16-,17+,18+/m1/s1. The smallest absolute Gasteiger partial charge is 0.223 e. The zero-order chi connectivity index (χ0) is 19.8. The number of nitrogens with one attached hydrogen (secondary N) is 1. The first-order valence-electron chi connectivity index (χ1n) is 8.86. The Morgan fingerprint density at radius 3 is 2.48 bits per heavy atom. The Morgan fingerprint density at radius 1 is 1.22 bits per heavy atom. The highest BCUT2D eigenvalue weighted by molar-refractivity contribution is 5.94. The Balaban J connectivity index is 1.79. The number of aliphatic hydroxyl groups is 1. The van der Waals surface area contributed by atoms with Crippen LogP contribution in [-0.4, -0.2) is 59.8 Å². The van der Waals surface area contributed by atoms with Gasteiger partial charge in [0.15, 0.2) is 11.6 Å². The lowest BCUT2D eigenvalue weighted by atomic mass is 9.95. The van der Waals surface area contributed by atoms with E-state index in [0.717, 1.165) is 0 Å². The molecule has 8 heteroatoms. The Labute approximate surface area is 157 Å². The molecule has 0 unspecified atom stereocenters. The normalized spacial score (nSPS) is 32.3. The second-order valence-corrected chi connectivity index (χ2v) is 7.25. The summed E-state index contributed by atoms with van der Waals surface area (Å²) in [6.07, 6.45) is -3.19. The first kappa shape index (κ1) is 19.8. The number of benzene rings is 1. The van der Waals surface area contributed by atoms with Crippen molar-refractivity contribution in [1.82, 2.24) is 5.32 Å². The van der Waals surface area contributed by atoms with E-state index in [1.165, 1.54) is 13.8 Å². The molecule has 0 spiro atoms. The van der Waals surface area contributed by atoms with Crippen molar-refractivity contribution >= 4 is 11.7 Å². The summed E-state index contributed by atoms with van der Waals surface area (Å²) in [6.45, 7) is 6.57. The summed E-state index contributed by atoms with van der Waals surface area (Å²) in [5.41, 5.74) is 0.557. The quantitative estimate of drug-likeness (QED) is 0.753. The van der Waals surface area contributed by atoms with Crippen molar-refractivity contribution in [2.24, 2.45) is 0 Å². The van der Waals surface area contributed by atoms with E-state index in [9.17, 15) is 14.7 Å². The summed E-state index contributed by atoms with van der Waals surface area (Å²) >= 11 is 0. The largest absolute Gasteiger partial charge is 0.463 e. The van der Waals surface area contributed by atoms with E-state index in [4.69, 9.17) is 18.9 Å². The molecular formula is C19H25NO7. The first-order chi connectivity index (χ1) is 12.7. The van der Waals surface area contributed by atoms with Crippen LogP contribution < -0.4 is 10.1 Å². The molecule has 1 aromatic rings. The van der Waals surface area contributed by atoms with Crippen LogP contribution in [0.25, 0.3) is 0 Å². The van der Waals surface area contributed by atoms with Gasteiger partial charge in [0, 0.05) is 12.5 Å². The molecule has 0 saturated carbocycles. The molecule has 27 heavy (non-hydrogen) atoms. The molecule has 2 aliphatic rings. The van der Waals surface area contributed by atoms with E-state index < -0.39 is 36.4 Å². The molecule has 5 atom stereocenters. The van der Waals surface area contributed by atoms with Gasteiger partial charge in [-0.25, -0.2) is 0 Å². The molecule has 2 N–H and O–H groups in total. The van der Waals surface area contributed by atoms with Crippen LogP contribution >= 0.6 is 0 Å². The van der Waals surface area contributed by atoms with Crippen molar-refractivity contribution in [3.05, 3.63) is 29.8 Å². The van der Waals surface area contributed by atoms with Crippen molar-refractivity contribution < 1.29 is 33.6 Å². The highest BCUT2D eigenvalue weighted by Gasteiger charge is 2.52. The van der Waals surface area contributed by atoms with E-state index in [0.29, 0.717) is 11.3 Å². The molecule has 2 heterocycles. The van der Waals surface area contributed by atoms with Crippen LogP contribution in [0.15, 0.2) is 24.3 Å². The number of ether oxygens (including phenoxy) is 4. The zero-order valence-electron chi connectivity index (χ0n) is 15.8. The molecule has 2 fully saturated rings. The fourth-order valence-corrected chi connectivity index (χ4v) is 3.24. The van der Waals surface area contributed by atoms with Gasteiger partial charge < -0.3 is 29.4 Å². The monoisotopic (exact) mass is 379 g/mol. The Bertz CT molecular complexity index is 703. The molecule has 3 rings (SSSR count). The lowest BCUT2D eigenvalue weighted by Gasteiger charge is -2.49. The third kappa shape index (κ3) is 4.47. The first-order valence-corrected chi connectivity index (χ1v) is 8.86. The highest BCUT2D eigenvalue weighted by Crippen LogP contribution is 2.33. The number of hydrogen-bond acceptors (Lipinski definition) is 7. The van der Waals surface area contributed by atoms with Crippen LogP contribution in [0.3, 0.4) is 0 Å². The molecule has 2 saturated heterocycles. The second kappa shape index (κ2) is 7.55. The van der Waals surface area contributed by atoms with Gasteiger partial charge >= 0.3 is 0 Å². The molecule has 1 amide bonds. The Hall–Kier alpha value is -2.00. The number of ketones is 1. The maximum Gasteiger partial charge on any atom is 0.223 e. The second-order valence-electron chi connectivity index (χ2n) is 7.25. The number of carbonyl (C=O) groups excluding carboxylic acids is 2. The highest BCUT2D eigenvalue weighted by atomic mass is 16.8. The van der Waals surface area contributed by atoms with Gasteiger partial charge in [-0.1, -0.05) is 0 Å². The minimum atomic E-state index is -1.04. The SMILES string of the molecule is CC(=O)N[C@H]1[C@@H](Oc2ccc(C(C)=O)cc2)O[C@@H]2COC(C)(C)O[C@@H]2[C@@H]1O. The summed E-state index contributed by atoms with van der Waals surface area (Å²) in [7, 11) is 0. The molecule has 0 radical (unpaired) electrons. The summed E-state index contributed by atoms with van der Waals surface area (Å²) < 4.78 is 23.2. The van der Waals surface area contributed by atoms with Gasteiger partial charge in [0.1, 0.15) is 30.1 Å². The molecule has 0 aromatic heterocycles. The van der Waals surface area contributed by atoms with Crippen LogP contribution in [0.2, 0.25) is 0 Å². The molecule has 2 aliphatic heterocycles. The molecule has 0 bridgehead atoms.